The van der Waals surface area contributed by atoms with Crippen LogP contribution >= 0.6 is 0 Å². The van der Waals surface area contributed by atoms with Gasteiger partial charge in [-0.25, -0.2) is 4.79 Å². The zero-order valence-corrected chi connectivity index (χ0v) is 41.6. The summed E-state index contributed by atoms with van der Waals surface area (Å²) in [6, 6.07) is -3.91. The Morgan fingerprint density at radius 1 is 0.594 bits per heavy atom. The van der Waals surface area contributed by atoms with E-state index in [9.17, 15) is 58.5 Å². The van der Waals surface area contributed by atoms with Gasteiger partial charge in [0.05, 0.1) is 12.6 Å². The summed E-state index contributed by atoms with van der Waals surface area (Å²) < 4.78 is 0. The van der Waals surface area contributed by atoms with Crippen molar-refractivity contribution in [3.05, 3.63) is 29.8 Å². The summed E-state index contributed by atoms with van der Waals surface area (Å²) >= 11 is 0. The minimum Gasteiger partial charge on any atom is -0.508 e. The number of rotatable bonds is 25. The minimum atomic E-state index is -1.49. The Kier molecular flexibility index (Phi) is 22.3. The lowest BCUT2D eigenvalue weighted by atomic mass is 9.99. The normalized spacial score (nSPS) is 19.0. The number of benzene rings is 1. The molecule has 3 rings (SSSR count). The quantitative estimate of drug-likeness (QED) is 0.0620. The third kappa shape index (κ3) is 17.3. The number of phenolic OH excluding ortho intramolecular Hbond substituents is 1. The number of nitrogens with zero attached hydrogens (tertiary/aromatic N) is 2. The van der Waals surface area contributed by atoms with E-state index in [1.165, 1.54) is 28.9 Å². The molecule has 2 aliphatic heterocycles. The first-order valence-corrected chi connectivity index (χ1v) is 24.1. The van der Waals surface area contributed by atoms with Gasteiger partial charge in [0.25, 0.3) is 0 Å². The van der Waals surface area contributed by atoms with Gasteiger partial charge in [0.1, 0.15) is 54.1 Å². The minimum absolute atomic E-state index is 0.0270. The van der Waals surface area contributed by atoms with Crippen molar-refractivity contribution < 1.29 is 58.5 Å². The largest absolute Gasteiger partial charge is 0.508 e. The van der Waals surface area contributed by atoms with Gasteiger partial charge in [-0.2, -0.15) is 0 Å². The molecule has 2 fully saturated rings. The number of aliphatic carboxylic acids is 1. The lowest BCUT2D eigenvalue weighted by Gasteiger charge is -2.32. The molecule has 0 spiro atoms. The van der Waals surface area contributed by atoms with Crippen LogP contribution < -0.4 is 37.6 Å². The first-order chi connectivity index (χ1) is 32.3. The molecular formula is C48H77N9O12. The van der Waals surface area contributed by atoms with Crippen LogP contribution in [0, 0.1) is 23.7 Å². The number of carbonyl (C=O) groups is 9. The summed E-state index contributed by atoms with van der Waals surface area (Å²) in [6.07, 6.45) is 2.14. The van der Waals surface area contributed by atoms with Gasteiger partial charge in [-0.05, 0) is 99.7 Å². The predicted molar refractivity (Wildman–Crippen MR) is 254 cm³/mol. The molecule has 386 valence electrons. The van der Waals surface area contributed by atoms with Crippen molar-refractivity contribution in [3.8, 4) is 5.75 Å². The van der Waals surface area contributed by atoms with E-state index < -0.39 is 120 Å². The van der Waals surface area contributed by atoms with Gasteiger partial charge in [-0.1, -0.05) is 67.5 Å². The number of carboxylic acid groups (broad SMARTS) is 1. The van der Waals surface area contributed by atoms with Crippen molar-refractivity contribution >= 4 is 53.2 Å². The molecule has 69 heavy (non-hydrogen) atoms. The van der Waals surface area contributed by atoms with Gasteiger partial charge < -0.3 is 62.8 Å². The monoisotopic (exact) mass is 972 g/mol. The zero-order chi connectivity index (χ0) is 51.9. The Balaban J connectivity index is 1.67. The van der Waals surface area contributed by atoms with Crippen LogP contribution in [0.4, 0.5) is 0 Å². The number of aromatic hydroxyl groups is 1. The van der Waals surface area contributed by atoms with E-state index in [0.29, 0.717) is 18.4 Å². The number of aliphatic hydroxyl groups excluding tert-OH is 1. The highest BCUT2D eigenvalue weighted by Gasteiger charge is 2.42. The Hall–Kier alpha value is -5.83. The highest BCUT2D eigenvalue weighted by molar-refractivity contribution is 5.98. The standard InChI is InChI=1S/C48H77N9O12/c1-25(2)20-33(51-41(61)32(49)23-30-14-16-31(59)17-15-30)42(62)52-34(21-26(3)4)46(66)56-18-10-12-37(56)44(64)50-29(9)40(60)55-39(28(7)8)47(67)57-19-11-13-38(57)45(65)54-36(24-58)43(63)53-35(48(68)69)22-27(5)6/h14-17,25-29,32-39,58-59H,10-13,18-24,49H2,1-9H3,(H,50,64)(H,51,61)(H,52,62)(H,53,63)(H,54,65)(H,55,60)(H,68,69)/t29-,32-,33-,34-,35-,36-,37-,38-,39-/m0/s1. The summed E-state index contributed by atoms with van der Waals surface area (Å²) in [5.74, 6) is -7.03. The number of likely N-dealkylation sites (tertiary alicyclic amines) is 2. The maximum Gasteiger partial charge on any atom is 0.326 e. The number of hydrogen-bond acceptors (Lipinski definition) is 12. The summed E-state index contributed by atoms with van der Waals surface area (Å²) in [6.45, 7) is 15.5. The van der Waals surface area contributed by atoms with E-state index in [2.05, 4.69) is 31.9 Å². The summed E-state index contributed by atoms with van der Waals surface area (Å²) in [5, 5.41) is 44.9. The second-order valence-electron chi connectivity index (χ2n) is 20.0. The number of nitrogens with one attached hydrogen (secondary N) is 6. The molecule has 0 aliphatic carbocycles. The van der Waals surface area contributed by atoms with Crippen molar-refractivity contribution in [1.82, 2.24) is 41.7 Å². The summed E-state index contributed by atoms with van der Waals surface area (Å²) in [4.78, 5) is 124. The maximum atomic E-state index is 14.3. The van der Waals surface area contributed by atoms with Crippen molar-refractivity contribution in [2.45, 2.75) is 168 Å². The van der Waals surface area contributed by atoms with Gasteiger partial charge in [-0.15, -0.1) is 0 Å². The van der Waals surface area contributed by atoms with Crippen LogP contribution in [0.1, 0.15) is 113 Å². The Morgan fingerprint density at radius 3 is 1.57 bits per heavy atom. The van der Waals surface area contributed by atoms with Crippen molar-refractivity contribution in [2.75, 3.05) is 19.7 Å². The molecule has 21 nitrogen and oxygen atoms in total. The fourth-order valence-corrected chi connectivity index (χ4v) is 8.50. The van der Waals surface area contributed by atoms with Gasteiger partial charge in [0, 0.05) is 13.1 Å². The third-order valence-corrected chi connectivity index (χ3v) is 12.2. The molecule has 2 aliphatic rings. The van der Waals surface area contributed by atoms with Crippen molar-refractivity contribution in [1.29, 1.82) is 0 Å². The number of phenols is 1. The molecular weight excluding hydrogens is 895 g/mol. The molecule has 9 atom stereocenters. The number of carbonyl (C=O) groups excluding carboxylic acids is 8. The van der Waals surface area contributed by atoms with Gasteiger partial charge in [-0.3, -0.25) is 38.4 Å². The lowest BCUT2D eigenvalue weighted by molar-refractivity contribution is -0.144. The predicted octanol–water partition coefficient (Wildman–Crippen LogP) is 0.0439. The molecule has 1 aromatic rings. The molecule has 0 aromatic heterocycles. The summed E-state index contributed by atoms with van der Waals surface area (Å²) in [7, 11) is 0. The maximum absolute atomic E-state index is 14.3. The molecule has 0 radical (unpaired) electrons. The second-order valence-corrected chi connectivity index (χ2v) is 20.0. The van der Waals surface area contributed by atoms with E-state index in [0.717, 1.165) is 0 Å². The Morgan fingerprint density at radius 2 is 1.06 bits per heavy atom. The Labute approximate surface area is 405 Å². The molecule has 1 aromatic carbocycles. The second kappa shape index (κ2) is 26.8. The molecule has 2 saturated heterocycles. The average molecular weight is 972 g/mol. The average Bonchev–Trinajstić information content (AvgIpc) is 3.97. The number of nitrogens with two attached hydrogens (primary N) is 1. The van der Waals surface area contributed by atoms with Gasteiger partial charge in [0.2, 0.25) is 47.3 Å². The molecule has 0 saturated carbocycles. The molecule has 0 unspecified atom stereocenters. The van der Waals surface area contributed by atoms with E-state index in [-0.39, 0.29) is 75.1 Å². The van der Waals surface area contributed by atoms with E-state index in [1.54, 1.807) is 39.8 Å². The van der Waals surface area contributed by atoms with Crippen molar-refractivity contribution in [2.24, 2.45) is 29.4 Å². The first-order valence-electron chi connectivity index (χ1n) is 24.1. The zero-order valence-electron chi connectivity index (χ0n) is 41.6. The fraction of sp³-hybridized carbons (Fsp3) is 0.688. The molecule has 0 bridgehead atoms. The highest BCUT2D eigenvalue weighted by atomic mass is 16.4. The van der Waals surface area contributed by atoms with Crippen LogP contribution in [0.15, 0.2) is 24.3 Å². The highest BCUT2D eigenvalue weighted by Crippen LogP contribution is 2.23. The Bertz CT molecular complexity index is 1960. The smallest absolute Gasteiger partial charge is 0.326 e. The number of carboxylic acids is 1. The molecule has 21 heteroatoms. The summed E-state index contributed by atoms with van der Waals surface area (Å²) in [5.41, 5.74) is 6.93. The number of aliphatic hydroxyl groups is 1. The number of amides is 8. The van der Waals surface area contributed by atoms with Crippen LogP contribution in [0.5, 0.6) is 5.75 Å². The number of hydrogen-bond donors (Lipinski definition) is 10. The van der Waals surface area contributed by atoms with Crippen LogP contribution in [0.2, 0.25) is 0 Å². The molecule has 11 N–H and O–H groups in total. The first kappa shape index (κ1) is 57.5. The van der Waals surface area contributed by atoms with Crippen LogP contribution in [-0.4, -0.2) is 152 Å². The van der Waals surface area contributed by atoms with Crippen LogP contribution in [-0.2, 0) is 49.6 Å². The third-order valence-electron chi connectivity index (χ3n) is 12.2. The van der Waals surface area contributed by atoms with E-state index in [4.69, 9.17) is 5.73 Å². The van der Waals surface area contributed by atoms with Gasteiger partial charge >= 0.3 is 5.97 Å². The van der Waals surface area contributed by atoms with E-state index in [1.807, 2.05) is 27.7 Å². The lowest BCUT2D eigenvalue weighted by Crippen LogP contribution is -2.60. The SMILES string of the molecule is CC(C)C[C@H](NC(=O)[C@H](CO)NC(=O)[C@@H]1CCCN1C(=O)[C@@H](NC(=O)[C@H](C)NC(=O)[C@@H]1CCCN1C(=O)[C@H](CC(C)C)NC(=O)[C@H](CC(C)C)NC(=O)[C@@H](N)Cc1ccc(O)cc1)C(C)C)C(=O)O. The molecule has 2 heterocycles. The van der Waals surface area contributed by atoms with Crippen molar-refractivity contribution in [3.63, 3.8) is 0 Å². The topological polar surface area (TPSA) is 319 Å². The van der Waals surface area contributed by atoms with Gasteiger partial charge in [0.15, 0.2) is 0 Å². The van der Waals surface area contributed by atoms with Crippen LogP contribution in [0.25, 0.3) is 0 Å². The van der Waals surface area contributed by atoms with E-state index >= 15 is 0 Å². The molecule has 8 amide bonds. The fourth-order valence-electron chi connectivity index (χ4n) is 8.50. The van der Waals surface area contributed by atoms with Crippen LogP contribution in [0.3, 0.4) is 0 Å².